The van der Waals surface area contributed by atoms with E-state index in [0.717, 1.165) is 31.2 Å². The lowest BCUT2D eigenvalue weighted by Gasteiger charge is -2.15. The van der Waals surface area contributed by atoms with E-state index < -0.39 is 12.2 Å². The maximum Gasteiger partial charge on any atom is 0.411 e. The Morgan fingerprint density at radius 1 is 0.852 bits per heavy atom. The summed E-state index contributed by atoms with van der Waals surface area (Å²) in [6, 6.07) is 5.30. The van der Waals surface area contributed by atoms with Crippen LogP contribution in [-0.4, -0.2) is 25.4 Å². The van der Waals surface area contributed by atoms with Gasteiger partial charge < -0.3 is 9.47 Å². The molecule has 1 rings (SSSR count). The van der Waals surface area contributed by atoms with Gasteiger partial charge in [-0.1, -0.05) is 59.4 Å². The van der Waals surface area contributed by atoms with Gasteiger partial charge in [-0.2, -0.15) is 0 Å². The molecule has 0 spiro atoms. The Hall–Kier alpha value is -2.24. The largest absolute Gasteiger partial charge is 0.449 e. The third kappa shape index (κ3) is 8.33. The first-order valence-corrected chi connectivity index (χ1v) is 9.91. The van der Waals surface area contributed by atoms with Gasteiger partial charge in [-0.25, -0.2) is 9.59 Å². The molecule has 0 fully saturated rings. The number of benzene rings is 1. The van der Waals surface area contributed by atoms with E-state index in [1.54, 1.807) is 12.1 Å². The second kappa shape index (κ2) is 12.2. The van der Waals surface area contributed by atoms with Crippen molar-refractivity contribution in [1.82, 2.24) is 0 Å². The van der Waals surface area contributed by atoms with Gasteiger partial charge >= 0.3 is 12.2 Å². The van der Waals surface area contributed by atoms with E-state index in [2.05, 4.69) is 38.3 Å². The third-order valence-electron chi connectivity index (χ3n) is 4.93. The molecule has 0 atom stereocenters. The first-order valence-electron chi connectivity index (χ1n) is 9.91. The lowest BCUT2D eigenvalue weighted by Crippen LogP contribution is -2.20. The quantitative estimate of drug-likeness (QED) is 0.526. The Labute approximate surface area is 163 Å². The molecule has 0 bridgehead atoms. The molecule has 1 aromatic carbocycles. The van der Waals surface area contributed by atoms with Gasteiger partial charge in [0.1, 0.15) is 0 Å². The Balaban J connectivity index is 2.60. The zero-order valence-electron chi connectivity index (χ0n) is 17.3. The van der Waals surface area contributed by atoms with Crippen LogP contribution >= 0.6 is 0 Å². The molecule has 6 nitrogen and oxygen atoms in total. The lowest BCUT2D eigenvalue weighted by atomic mass is 10.1. The summed E-state index contributed by atoms with van der Waals surface area (Å²) in [6.07, 6.45) is 2.91. The van der Waals surface area contributed by atoms with E-state index in [4.69, 9.17) is 9.47 Å². The minimum atomic E-state index is -0.493. The molecule has 27 heavy (non-hydrogen) atoms. The van der Waals surface area contributed by atoms with Crippen LogP contribution in [0.25, 0.3) is 0 Å². The lowest BCUT2D eigenvalue weighted by molar-refractivity contribution is 0.137. The SMILES string of the molecule is CCC(CC)COC(=O)Nc1ccc(C)c(NC(=O)OCC(CC)CC)c1. The van der Waals surface area contributed by atoms with E-state index in [1.165, 1.54) is 0 Å². The minimum Gasteiger partial charge on any atom is -0.449 e. The average molecular weight is 379 g/mol. The summed E-state index contributed by atoms with van der Waals surface area (Å²) in [6.45, 7) is 11.0. The summed E-state index contributed by atoms with van der Waals surface area (Å²) in [4.78, 5) is 24.0. The van der Waals surface area contributed by atoms with E-state index in [0.29, 0.717) is 36.4 Å². The van der Waals surface area contributed by atoms with E-state index in [9.17, 15) is 9.59 Å². The first kappa shape index (κ1) is 22.8. The molecule has 0 saturated carbocycles. The van der Waals surface area contributed by atoms with Gasteiger partial charge in [0.05, 0.1) is 13.2 Å². The van der Waals surface area contributed by atoms with Gasteiger partial charge in [-0.15, -0.1) is 0 Å². The summed E-state index contributed by atoms with van der Waals surface area (Å²) >= 11 is 0. The van der Waals surface area contributed by atoms with Gasteiger partial charge in [-0.3, -0.25) is 10.6 Å². The molecule has 2 N–H and O–H groups in total. The van der Waals surface area contributed by atoms with E-state index in [-0.39, 0.29) is 0 Å². The number of anilines is 2. The predicted octanol–water partition coefficient (Wildman–Crippen LogP) is 5.96. The van der Waals surface area contributed by atoms with Crippen molar-refractivity contribution in [3.63, 3.8) is 0 Å². The van der Waals surface area contributed by atoms with Crippen molar-refractivity contribution in [1.29, 1.82) is 0 Å². The topological polar surface area (TPSA) is 76.7 Å². The molecule has 0 aliphatic carbocycles. The van der Waals surface area contributed by atoms with Gasteiger partial charge in [0, 0.05) is 11.4 Å². The molecular weight excluding hydrogens is 344 g/mol. The molecule has 0 heterocycles. The van der Waals surface area contributed by atoms with Crippen molar-refractivity contribution in [2.75, 3.05) is 23.8 Å². The number of nitrogens with one attached hydrogen (secondary N) is 2. The predicted molar refractivity (Wildman–Crippen MR) is 109 cm³/mol. The van der Waals surface area contributed by atoms with Crippen molar-refractivity contribution in [2.45, 2.75) is 60.3 Å². The molecule has 6 heteroatoms. The number of amides is 2. The van der Waals surface area contributed by atoms with Gasteiger partial charge in [0.2, 0.25) is 0 Å². The molecule has 152 valence electrons. The third-order valence-corrected chi connectivity index (χ3v) is 4.93. The maximum absolute atomic E-state index is 12.0. The fourth-order valence-electron chi connectivity index (χ4n) is 2.57. The molecule has 0 aromatic heterocycles. The number of carbonyl (C=O) groups is 2. The van der Waals surface area contributed by atoms with Crippen molar-refractivity contribution in [3.8, 4) is 0 Å². The molecule has 0 radical (unpaired) electrons. The fraction of sp³-hybridized carbons (Fsp3) is 0.619. The molecular formula is C21H34N2O4. The number of ether oxygens (including phenoxy) is 2. The summed E-state index contributed by atoms with van der Waals surface area (Å²) in [5.74, 6) is 0.741. The molecule has 0 aliphatic rings. The Morgan fingerprint density at radius 3 is 1.81 bits per heavy atom. The number of hydrogen-bond donors (Lipinski definition) is 2. The molecule has 0 unspecified atom stereocenters. The summed E-state index contributed by atoms with van der Waals surface area (Å²) in [7, 11) is 0. The van der Waals surface area contributed by atoms with Crippen LogP contribution in [0.4, 0.5) is 21.0 Å². The number of carbonyl (C=O) groups excluding carboxylic acids is 2. The van der Waals surface area contributed by atoms with Crippen LogP contribution in [0.15, 0.2) is 18.2 Å². The fourth-order valence-corrected chi connectivity index (χ4v) is 2.57. The Bertz CT molecular complexity index is 596. The maximum atomic E-state index is 12.0. The van der Waals surface area contributed by atoms with Gasteiger partial charge in [-0.05, 0) is 36.5 Å². The van der Waals surface area contributed by atoms with Crippen LogP contribution in [0, 0.1) is 18.8 Å². The van der Waals surface area contributed by atoms with E-state index in [1.807, 2.05) is 13.0 Å². The van der Waals surface area contributed by atoms with Crippen LogP contribution in [0.2, 0.25) is 0 Å². The molecule has 1 aromatic rings. The van der Waals surface area contributed by atoms with Gasteiger partial charge in [0.15, 0.2) is 0 Å². The minimum absolute atomic E-state index is 0.370. The normalized spacial score (nSPS) is 10.8. The highest BCUT2D eigenvalue weighted by Crippen LogP contribution is 2.21. The molecule has 0 aliphatic heterocycles. The monoisotopic (exact) mass is 378 g/mol. The zero-order chi connectivity index (χ0) is 20.2. The van der Waals surface area contributed by atoms with Gasteiger partial charge in [0.25, 0.3) is 0 Å². The summed E-state index contributed by atoms with van der Waals surface area (Å²) in [5, 5.41) is 5.44. The van der Waals surface area contributed by atoms with Crippen molar-refractivity contribution < 1.29 is 19.1 Å². The number of rotatable bonds is 10. The van der Waals surface area contributed by atoms with Crippen LogP contribution in [0.3, 0.4) is 0 Å². The Kier molecular flexibility index (Phi) is 10.3. The zero-order valence-corrected chi connectivity index (χ0v) is 17.3. The summed E-state index contributed by atoms with van der Waals surface area (Å²) in [5.41, 5.74) is 2.04. The van der Waals surface area contributed by atoms with Crippen LogP contribution in [0.5, 0.6) is 0 Å². The summed E-state index contributed by atoms with van der Waals surface area (Å²) < 4.78 is 10.6. The highest BCUT2D eigenvalue weighted by atomic mass is 16.6. The van der Waals surface area contributed by atoms with Crippen molar-refractivity contribution >= 4 is 23.6 Å². The highest BCUT2D eigenvalue weighted by Gasteiger charge is 2.12. The highest BCUT2D eigenvalue weighted by molar-refractivity contribution is 5.89. The van der Waals surface area contributed by atoms with Crippen LogP contribution < -0.4 is 10.6 Å². The van der Waals surface area contributed by atoms with Crippen LogP contribution in [0.1, 0.15) is 58.9 Å². The Morgan fingerprint density at radius 2 is 1.33 bits per heavy atom. The smallest absolute Gasteiger partial charge is 0.411 e. The second-order valence-electron chi connectivity index (χ2n) is 6.84. The molecule has 2 amide bonds. The standard InChI is InChI=1S/C21H34N2O4/c1-6-16(7-2)13-26-20(24)22-18-11-10-15(5)19(12-18)23-21(25)27-14-17(8-3)9-4/h10-12,16-17H,6-9,13-14H2,1-5H3,(H,22,24)(H,23,25). The number of aryl methyl sites for hydroxylation is 1. The molecule has 0 saturated heterocycles. The average Bonchev–Trinajstić information content (AvgIpc) is 2.66. The number of hydrogen-bond acceptors (Lipinski definition) is 4. The first-order chi connectivity index (χ1) is 12.9. The second-order valence-corrected chi connectivity index (χ2v) is 6.84. The van der Waals surface area contributed by atoms with Crippen LogP contribution in [-0.2, 0) is 9.47 Å². The van der Waals surface area contributed by atoms with Crippen molar-refractivity contribution in [2.24, 2.45) is 11.8 Å². The van der Waals surface area contributed by atoms with E-state index >= 15 is 0 Å². The van der Waals surface area contributed by atoms with Crippen molar-refractivity contribution in [3.05, 3.63) is 23.8 Å².